The van der Waals surface area contributed by atoms with Crippen molar-refractivity contribution in [3.63, 3.8) is 0 Å². The van der Waals surface area contributed by atoms with Crippen LogP contribution in [0.15, 0.2) is 25.1 Å². The largest absolute Gasteiger partial charge is 0.459 e. The molecule has 1 unspecified atom stereocenters. The molecule has 316 valence electrons. The smallest absolute Gasteiger partial charge is 0.317 e. The van der Waals surface area contributed by atoms with E-state index in [4.69, 9.17) is 14.6 Å². The zero-order valence-electron chi connectivity index (χ0n) is 35.8. The lowest BCUT2D eigenvalue weighted by Gasteiger charge is -2.36. The molecule has 0 aliphatic carbocycles. The molecule has 19 heteroatoms. The second kappa shape index (κ2) is 17.5. The minimum absolute atomic E-state index is 0. The number of carbonyl (C=O) groups is 2. The number of ether oxygens (including phenoxy) is 2. The van der Waals surface area contributed by atoms with Crippen molar-refractivity contribution in [2.45, 2.75) is 185 Å². The fourth-order valence-corrected chi connectivity index (χ4v) is 15.8. The van der Waals surface area contributed by atoms with Crippen LogP contribution in [0.5, 0.6) is 0 Å². The maximum Gasteiger partial charge on any atom is 0.317 e. The first-order chi connectivity index (χ1) is 22.6. The van der Waals surface area contributed by atoms with E-state index >= 15 is 0 Å². The molecule has 0 fully saturated rings. The van der Waals surface area contributed by atoms with Crippen LogP contribution in [0.25, 0.3) is 0 Å². The molecule has 6 N–H and O–H groups in total. The predicted molar refractivity (Wildman–Crippen MR) is 231 cm³/mol. The molecule has 54 heavy (non-hydrogen) atoms. The molecule has 0 saturated carbocycles. The highest BCUT2D eigenvalue weighted by Crippen LogP contribution is 2.40. The van der Waals surface area contributed by atoms with Gasteiger partial charge in [-0.2, -0.15) is 0 Å². The Labute approximate surface area is 337 Å². The van der Waals surface area contributed by atoms with E-state index in [-0.39, 0.29) is 38.3 Å². The normalized spacial score (nSPS) is 14.7. The quantitative estimate of drug-likeness (QED) is 0.160. The summed E-state index contributed by atoms with van der Waals surface area (Å²) < 4.78 is 57.3. The highest BCUT2D eigenvalue weighted by Gasteiger charge is 2.43. The summed E-state index contributed by atoms with van der Waals surface area (Å²) in [5, 5.41) is 5.86. The lowest BCUT2D eigenvalue weighted by atomic mass is 9.92. The van der Waals surface area contributed by atoms with E-state index in [0.29, 0.717) is 9.75 Å². The van der Waals surface area contributed by atoms with Gasteiger partial charge in [0.1, 0.15) is 19.4 Å². The second-order valence-electron chi connectivity index (χ2n) is 19.2. The van der Waals surface area contributed by atoms with Crippen molar-refractivity contribution < 1.29 is 31.7 Å². The molecule has 0 aliphatic heterocycles. The number of thiazole rings is 2. The summed E-state index contributed by atoms with van der Waals surface area (Å²) in [7, 11) is -11.3. The van der Waals surface area contributed by atoms with Crippen LogP contribution in [0, 0.1) is 0 Å². The average molecular weight is 873 g/mol. The number of esters is 2. The molecule has 2 aromatic rings. The van der Waals surface area contributed by atoms with Gasteiger partial charge in [0.05, 0.1) is 10.8 Å². The van der Waals surface area contributed by atoms with Crippen LogP contribution in [0.2, 0.25) is 36.3 Å². The Bertz CT molecular complexity index is 1830. The lowest BCUT2D eigenvalue weighted by Crippen LogP contribution is -2.54. The topological polar surface area (TPSA) is 215 Å². The van der Waals surface area contributed by atoms with Crippen molar-refractivity contribution >= 4 is 71.0 Å². The number of hydrogen-bond donors (Lipinski definition) is 3. The van der Waals surface area contributed by atoms with Crippen molar-refractivity contribution in [1.29, 1.82) is 0 Å². The number of aromatic nitrogens is 2. The maximum atomic E-state index is 13.1. The number of hydrogen-bond acceptors (Lipinski definition) is 13. The molecule has 0 radical (unpaired) electrons. The predicted octanol–water partition coefficient (Wildman–Crippen LogP) is 9.31. The number of nitrogens with zero attached hydrogens (tertiary/aromatic N) is 3. The Hall–Kier alpha value is -1.59. The van der Waals surface area contributed by atoms with Crippen molar-refractivity contribution in [2.24, 2.45) is 9.17 Å². The number of nitrogens with one attached hydrogen (secondary N) is 1. The van der Waals surface area contributed by atoms with Gasteiger partial charge in [0.2, 0.25) is 8.68 Å². The number of sulfonamides is 1. The van der Waals surface area contributed by atoms with Gasteiger partial charge in [0.15, 0.2) is 18.2 Å². The molecule has 13 nitrogen and oxygen atoms in total. The van der Waals surface area contributed by atoms with Gasteiger partial charge >= 0.3 is 11.9 Å². The molecule has 0 spiro atoms. The van der Waals surface area contributed by atoms with Crippen molar-refractivity contribution in [3.05, 3.63) is 22.1 Å². The van der Waals surface area contributed by atoms with Gasteiger partial charge in [0, 0.05) is 22.1 Å². The standard InChI is InChI=1S/C17H33N3O3S2Si.C17H32N2O4S2Si.CH4.H3N/c1-15(2,3)23-13(21)17(7,8)12-11-19-14(24-12)25(18,22)20-26(9,10)16(4,5)6;1-15(2,3)23-13(20)17(7,8)12-11-18-14(24-12)25(21,22)19-26(9,10)16(4,5)6;;/h11H,1-10H3,(H2,18,20,22);11,19H,1-10H3;1H4;1H3. The highest BCUT2D eigenvalue weighted by molar-refractivity contribution is 7.94. The third-order valence-corrected chi connectivity index (χ3v) is 27.7. The summed E-state index contributed by atoms with van der Waals surface area (Å²) in [6.45, 7) is 38.2. The Morgan fingerprint density at radius 3 is 1.33 bits per heavy atom. The van der Waals surface area contributed by atoms with E-state index in [9.17, 15) is 22.2 Å². The van der Waals surface area contributed by atoms with E-state index < -0.39 is 64.4 Å². The molecule has 0 aromatic carbocycles. The number of rotatable bonds is 9. The highest BCUT2D eigenvalue weighted by atomic mass is 32.2. The fraction of sp³-hybridized carbons (Fsp3) is 0.771. The van der Waals surface area contributed by atoms with Crippen molar-refractivity contribution in [2.75, 3.05) is 0 Å². The van der Waals surface area contributed by atoms with Crippen LogP contribution in [0.3, 0.4) is 0 Å². The molecular weight excluding hydrogens is 801 g/mol. The van der Waals surface area contributed by atoms with Crippen LogP contribution in [-0.2, 0) is 49.8 Å². The summed E-state index contributed by atoms with van der Waals surface area (Å²) in [6, 6.07) is 0. The summed E-state index contributed by atoms with van der Waals surface area (Å²) in [5.74, 6) is -0.764. The minimum atomic E-state index is -3.73. The van der Waals surface area contributed by atoms with Crippen LogP contribution in [0.1, 0.15) is 128 Å². The molecule has 2 aromatic heterocycles. The zero-order chi connectivity index (χ0) is 41.5. The molecule has 2 heterocycles. The Kier molecular flexibility index (Phi) is 17.7. The molecule has 0 aliphatic rings. The first-order valence-corrected chi connectivity index (χ1v) is 27.7. The Balaban J connectivity index is 0. The monoisotopic (exact) mass is 872 g/mol. The SMILES string of the molecule is C.CC(C)(C)OC(=O)C(C)(C)c1cnc(S(=O)(=O)N[Si](C)(C)C(C)(C)C)s1.CC(C)(C)OC(=O)C(C)(C)c1cnc(S(N)(=O)=N[Si](C)(C)C(C)(C)C)s1.N. The van der Waals surface area contributed by atoms with Gasteiger partial charge in [-0.1, -0.05) is 62.1 Å². The third-order valence-electron chi connectivity index (χ3n) is 8.96. The first kappa shape index (κ1) is 54.5. The van der Waals surface area contributed by atoms with E-state index in [1.165, 1.54) is 17.5 Å². The van der Waals surface area contributed by atoms with Crippen LogP contribution < -0.4 is 15.7 Å². The molecule has 0 bridgehead atoms. The Morgan fingerprint density at radius 1 is 0.685 bits per heavy atom. The lowest BCUT2D eigenvalue weighted by molar-refractivity contribution is -0.161. The van der Waals surface area contributed by atoms with Crippen LogP contribution >= 0.6 is 22.7 Å². The molecule has 0 amide bonds. The second-order valence-corrected chi connectivity index (χ2v) is 35.6. The molecule has 1 atom stereocenters. The van der Waals surface area contributed by atoms with Crippen molar-refractivity contribution in [1.82, 2.24) is 20.5 Å². The zero-order valence-corrected chi connectivity index (χ0v) is 41.0. The summed E-state index contributed by atoms with van der Waals surface area (Å²) in [6.07, 6.45) is 3.01. The third kappa shape index (κ3) is 14.4. The van der Waals surface area contributed by atoms with Gasteiger partial charge in [-0.05, 0) is 92.4 Å². The van der Waals surface area contributed by atoms with Gasteiger partial charge in [0.25, 0.3) is 10.0 Å². The van der Waals surface area contributed by atoms with E-state index in [1.807, 2.05) is 67.7 Å². The summed E-state index contributed by atoms with van der Waals surface area (Å²) in [5.41, 5.74) is -3.08. The first-order valence-electron chi connectivity index (χ1n) is 17.1. The number of carbonyl (C=O) groups excluding carboxylic acids is 2. The van der Waals surface area contributed by atoms with E-state index in [1.54, 1.807) is 54.7 Å². The van der Waals surface area contributed by atoms with Crippen LogP contribution in [0.4, 0.5) is 0 Å². The van der Waals surface area contributed by atoms with E-state index in [0.717, 1.165) is 11.3 Å². The van der Waals surface area contributed by atoms with Gasteiger partial charge in [-0.3, -0.25) is 13.6 Å². The number of nitrogens with two attached hydrogens (primary N) is 1. The minimum Gasteiger partial charge on any atom is -0.459 e. The van der Waals surface area contributed by atoms with Crippen LogP contribution in [-0.4, -0.2) is 62.2 Å². The maximum absolute atomic E-state index is 13.1. The summed E-state index contributed by atoms with van der Waals surface area (Å²) in [4.78, 5) is 34.6. The molecule has 2 rings (SSSR count). The van der Waals surface area contributed by atoms with Crippen molar-refractivity contribution in [3.8, 4) is 0 Å². The van der Waals surface area contributed by atoms with Gasteiger partial charge in [-0.15, -0.1) is 22.7 Å². The average Bonchev–Trinajstić information content (AvgIpc) is 3.57. The molecular formula is C35H72N6O7S4Si2. The molecule has 0 saturated heterocycles. The summed E-state index contributed by atoms with van der Waals surface area (Å²) >= 11 is 2.18. The van der Waals surface area contributed by atoms with Gasteiger partial charge < -0.3 is 15.6 Å². The fourth-order valence-electron chi connectivity index (χ4n) is 3.41. The Morgan fingerprint density at radius 2 is 1.02 bits per heavy atom. The van der Waals surface area contributed by atoms with E-state index in [2.05, 4.69) is 39.2 Å². The van der Waals surface area contributed by atoms with Gasteiger partial charge in [-0.25, -0.2) is 32.1 Å².